The zero-order valence-corrected chi connectivity index (χ0v) is 17.8. The number of nitrogens with two attached hydrogens (primary N) is 1. The number of nitrogens with one attached hydrogen (secondary N) is 1. The molecule has 0 aliphatic carbocycles. The van der Waals surface area contributed by atoms with E-state index in [1.165, 1.54) is 6.07 Å². The van der Waals surface area contributed by atoms with Crippen molar-refractivity contribution < 1.29 is 18.3 Å². The van der Waals surface area contributed by atoms with Crippen LogP contribution >= 0.6 is 0 Å². The van der Waals surface area contributed by atoms with Crippen LogP contribution in [0.1, 0.15) is 24.6 Å². The van der Waals surface area contributed by atoms with Crippen LogP contribution in [0.2, 0.25) is 0 Å². The summed E-state index contributed by atoms with van der Waals surface area (Å²) in [6.07, 6.45) is 1.26. The van der Waals surface area contributed by atoms with Gasteiger partial charge in [-0.1, -0.05) is 36.4 Å². The minimum absolute atomic E-state index is 0.0866. The van der Waals surface area contributed by atoms with Crippen molar-refractivity contribution in [1.82, 2.24) is 25.5 Å². The van der Waals surface area contributed by atoms with Crippen molar-refractivity contribution in [2.75, 3.05) is 20.2 Å². The number of piperidine rings is 1. The number of benzene rings is 2. The van der Waals surface area contributed by atoms with E-state index in [1.807, 2.05) is 29.2 Å². The predicted octanol–water partition coefficient (Wildman–Crippen LogP) is 1.28. The molecule has 1 aliphatic rings. The Balaban J connectivity index is 1.66. The van der Waals surface area contributed by atoms with Crippen molar-refractivity contribution in [3.8, 4) is 22.5 Å². The number of nitrogens with zero attached hydrogens (tertiary/aromatic N) is 4. The van der Waals surface area contributed by atoms with Crippen molar-refractivity contribution in [2.24, 2.45) is 5.14 Å². The number of hydrogen-bond donors (Lipinski definition) is 3. The molecule has 1 fully saturated rings. The van der Waals surface area contributed by atoms with Crippen molar-refractivity contribution in [2.45, 2.75) is 30.1 Å². The third-order valence-electron chi connectivity index (χ3n) is 5.58. The molecule has 10 nitrogen and oxygen atoms in total. The number of H-pyrrole nitrogens is 1. The quantitative estimate of drug-likeness (QED) is 0.515. The highest BCUT2D eigenvalue weighted by molar-refractivity contribution is 7.89. The molecule has 0 amide bonds. The first-order valence-electron chi connectivity index (χ1n) is 9.83. The Labute approximate surface area is 180 Å². The summed E-state index contributed by atoms with van der Waals surface area (Å²) in [5.41, 5.74) is 2.35. The molecule has 1 saturated heterocycles. The summed E-state index contributed by atoms with van der Waals surface area (Å²) in [6.45, 7) is 1.50. The molecule has 11 heteroatoms. The van der Waals surface area contributed by atoms with E-state index in [0.29, 0.717) is 5.56 Å². The van der Waals surface area contributed by atoms with E-state index < -0.39 is 16.3 Å². The molecule has 1 aromatic heterocycles. The second-order valence-electron chi connectivity index (χ2n) is 7.43. The lowest BCUT2D eigenvalue weighted by atomic mass is 9.97. The van der Waals surface area contributed by atoms with Gasteiger partial charge in [0.25, 0.3) is 0 Å². The van der Waals surface area contributed by atoms with Gasteiger partial charge in [-0.2, -0.15) is 5.21 Å². The van der Waals surface area contributed by atoms with Crippen LogP contribution in [-0.4, -0.2) is 65.4 Å². The number of primary sulfonamides is 1. The highest BCUT2D eigenvalue weighted by Gasteiger charge is 2.25. The Kier molecular flexibility index (Phi) is 6.12. The smallest absolute Gasteiger partial charge is 0.238 e. The molecular formula is C20H24N6O4S. The van der Waals surface area contributed by atoms with E-state index in [4.69, 9.17) is 9.88 Å². The van der Waals surface area contributed by atoms with Gasteiger partial charge in [-0.25, -0.2) is 13.6 Å². The third-order valence-corrected chi connectivity index (χ3v) is 6.53. The number of hydrogen-bond acceptors (Lipinski definition) is 8. The topological polar surface area (TPSA) is 147 Å². The monoisotopic (exact) mass is 444 g/mol. The largest absolute Gasteiger partial charge is 0.381 e. The highest BCUT2D eigenvalue weighted by Crippen LogP contribution is 2.35. The molecule has 0 spiro atoms. The molecule has 0 saturated carbocycles. The number of ether oxygens (including phenoxy) is 1. The van der Waals surface area contributed by atoms with E-state index in [1.54, 1.807) is 19.2 Å². The van der Waals surface area contributed by atoms with Crippen LogP contribution in [0.25, 0.3) is 22.5 Å². The van der Waals surface area contributed by atoms with Crippen LogP contribution in [-0.2, 0) is 14.8 Å². The molecule has 3 aromatic rings. The SMILES string of the molecule is COC1CCN(C(O)c2ccc(-c3cccc(S(N)(=O)=O)c3-c3nn[nH]n3)cc2)CC1. The minimum atomic E-state index is -4.01. The zero-order valence-electron chi connectivity index (χ0n) is 17.0. The fraction of sp³-hybridized carbons (Fsp3) is 0.350. The van der Waals surface area contributed by atoms with Gasteiger partial charge in [-0.15, -0.1) is 10.2 Å². The van der Waals surface area contributed by atoms with Crippen LogP contribution in [0.5, 0.6) is 0 Å². The maximum atomic E-state index is 12.1. The number of likely N-dealkylation sites (tertiary alicyclic amines) is 1. The van der Waals surface area contributed by atoms with Crippen molar-refractivity contribution in [1.29, 1.82) is 0 Å². The lowest BCUT2D eigenvalue weighted by Crippen LogP contribution is -2.39. The fourth-order valence-corrected chi connectivity index (χ4v) is 4.66. The Hall–Kier alpha value is -2.70. The average molecular weight is 445 g/mol. The number of rotatable bonds is 6. The van der Waals surface area contributed by atoms with Crippen molar-refractivity contribution in [3.05, 3.63) is 48.0 Å². The predicted molar refractivity (Wildman–Crippen MR) is 113 cm³/mol. The molecule has 1 aliphatic heterocycles. The summed E-state index contributed by atoms with van der Waals surface area (Å²) < 4.78 is 29.7. The molecule has 0 radical (unpaired) electrons. The van der Waals surface area contributed by atoms with Crippen molar-refractivity contribution >= 4 is 10.0 Å². The maximum Gasteiger partial charge on any atom is 0.238 e. The second-order valence-corrected chi connectivity index (χ2v) is 8.96. The van der Waals surface area contributed by atoms with Crippen LogP contribution in [0.3, 0.4) is 0 Å². The fourth-order valence-electron chi connectivity index (χ4n) is 3.91. The second kappa shape index (κ2) is 8.81. The molecule has 2 aromatic carbocycles. The highest BCUT2D eigenvalue weighted by atomic mass is 32.2. The van der Waals surface area contributed by atoms with Crippen LogP contribution < -0.4 is 5.14 Å². The van der Waals surface area contributed by atoms with E-state index >= 15 is 0 Å². The molecule has 1 atom stereocenters. The van der Waals surface area contributed by atoms with Gasteiger partial charge >= 0.3 is 0 Å². The minimum Gasteiger partial charge on any atom is -0.381 e. The summed E-state index contributed by atoms with van der Waals surface area (Å²) in [5, 5.41) is 30.0. The number of aliphatic hydroxyl groups excluding tert-OH is 1. The lowest BCUT2D eigenvalue weighted by Gasteiger charge is -2.34. The third kappa shape index (κ3) is 4.50. The number of aromatic amines is 1. The Morgan fingerprint density at radius 2 is 1.90 bits per heavy atom. The van der Waals surface area contributed by atoms with Gasteiger partial charge in [0.15, 0.2) is 0 Å². The van der Waals surface area contributed by atoms with Crippen molar-refractivity contribution in [3.63, 3.8) is 0 Å². The summed E-state index contributed by atoms with van der Waals surface area (Å²) in [4.78, 5) is 1.92. The van der Waals surface area contributed by atoms with Gasteiger partial charge in [0.05, 0.1) is 16.6 Å². The van der Waals surface area contributed by atoms with Crippen LogP contribution in [0, 0.1) is 0 Å². The number of sulfonamides is 1. The van der Waals surface area contributed by atoms with E-state index in [-0.39, 0.29) is 22.4 Å². The Morgan fingerprint density at radius 3 is 2.48 bits per heavy atom. The molecule has 164 valence electrons. The first kappa shape index (κ1) is 21.5. The molecule has 2 heterocycles. The normalized spacial score (nSPS) is 17.0. The molecule has 4 rings (SSSR count). The number of methoxy groups -OCH3 is 1. The summed E-state index contributed by atoms with van der Waals surface area (Å²) in [7, 11) is -2.30. The molecule has 0 bridgehead atoms. The van der Waals surface area contributed by atoms with Gasteiger partial charge in [0, 0.05) is 20.2 Å². The standard InChI is InChI=1S/C20H24N6O4S/c1-30-15-9-11-26(12-10-15)20(27)14-7-5-13(6-8-14)16-3-2-4-17(31(21,28)29)18(16)19-22-24-25-23-19/h2-8,15,20,27H,9-12H2,1H3,(H2,21,28,29)(H,22,23,24,25). The first-order valence-corrected chi connectivity index (χ1v) is 11.4. The zero-order chi connectivity index (χ0) is 22.0. The molecule has 1 unspecified atom stereocenters. The molecule has 4 N–H and O–H groups in total. The van der Waals surface area contributed by atoms with Gasteiger partial charge < -0.3 is 9.84 Å². The summed E-state index contributed by atoms with van der Waals surface area (Å²) in [6, 6.07) is 12.1. The van der Waals surface area contributed by atoms with E-state index in [0.717, 1.165) is 37.1 Å². The molecule has 31 heavy (non-hydrogen) atoms. The Morgan fingerprint density at radius 1 is 1.19 bits per heavy atom. The maximum absolute atomic E-state index is 12.1. The summed E-state index contributed by atoms with van der Waals surface area (Å²) in [5.74, 6) is 0.129. The molecular weight excluding hydrogens is 420 g/mol. The average Bonchev–Trinajstić information content (AvgIpc) is 3.32. The van der Waals surface area contributed by atoms with E-state index in [9.17, 15) is 13.5 Å². The van der Waals surface area contributed by atoms with Crippen LogP contribution in [0.4, 0.5) is 0 Å². The summed E-state index contributed by atoms with van der Waals surface area (Å²) >= 11 is 0. The number of tetrazole rings is 1. The van der Waals surface area contributed by atoms with Gasteiger partial charge in [0.1, 0.15) is 6.23 Å². The number of aliphatic hydroxyl groups is 1. The van der Waals surface area contributed by atoms with Crippen LogP contribution in [0.15, 0.2) is 47.4 Å². The lowest BCUT2D eigenvalue weighted by molar-refractivity contribution is -0.0436. The number of aromatic nitrogens is 4. The van der Waals surface area contributed by atoms with Gasteiger partial charge in [-0.05, 0) is 40.8 Å². The van der Waals surface area contributed by atoms with E-state index in [2.05, 4.69) is 20.6 Å². The van der Waals surface area contributed by atoms with Gasteiger partial charge in [-0.3, -0.25) is 4.90 Å². The van der Waals surface area contributed by atoms with Gasteiger partial charge in [0.2, 0.25) is 15.8 Å². The first-order chi connectivity index (χ1) is 14.9. The Bertz CT molecular complexity index is 1130.